The van der Waals surface area contributed by atoms with Crippen LogP contribution in [0.1, 0.15) is 45.0 Å². The molecule has 140 valence electrons. The first-order valence-corrected chi connectivity index (χ1v) is 9.93. The first kappa shape index (κ1) is 19.9. The summed E-state index contributed by atoms with van der Waals surface area (Å²) in [6.45, 7) is 10.4. The average Bonchev–Trinajstić information content (AvgIpc) is 2.51. The molecule has 1 aliphatic rings. The van der Waals surface area contributed by atoms with Gasteiger partial charge in [0.1, 0.15) is 0 Å². The second-order valence-electron chi connectivity index (χ2n) is 7.52. The number of hydrogen-bond acceptors (Lipinski definition) is 4. The van der Waals surface area contributed by atoms with Crippen LogP contribution in [0.25, 0.3) is 0 Å². The largest absolute Gasteiger partial charge is 0.369 e. The summed E-state index contributed by atoms with van der Waals surface area (Å²) in [5.74, 6) is -0.174. The molecule has 1 aromatic carbocycles. The quantitative estimate of drug-likeness (QED) is 0.818. The summed E-state index contributed by atoms with van der Waals surface area (Å²) >= 11 is 0. The second kappa shape index (κ2) is 7.05. The van der Waals surface area contributed by atoms with Crippen LogP contribution in [0.4, 0.5) is 0 Å². The number of carbonyl (C=O) groups is 1. The Morgan fingerprint density at radius 3 is 2.56 bits per heavy atom. The highest BCUT2D eigenvalue weighted by molar-refractivity contribution is 7.89. The number of sulfonamides is 1. The molecule has 1 saturated heterocycles. The normalized spacial score (nSPS) is 21.0. The minimum absolute atomic E-state index is 0.0633. The molecule has 1 unspecified atom stereocenters. The minimum atomic E-state index is -3.62. The molecule has 0 radical (unpaired) electrons. The number of amides is 1. The van der Waals surface area contributed by atoms with Crippen LogP contribution in [-0.2, 0) is 14.8 Å². The van der Waals surface area contributed by atoms with Crippen LogP contribution >= 0.6 is 0 Å². The molecule has 7 heteroatoms. The molecule has 0 aliphatic carbocycles. The molecular weight excluding hydrogens is 340 g/mol. The Kier molecular flexibility index (Phi) is 5.61. The van der Waals surface area contributed by atoms with Crippen LogP contribution in [0.2, 0.25) is 0 Å². The maximum atomic E-state index is 12.9. The predicted molar refractivity (Wildman–Crippen MR) is 97.1 cm³/mol. The van der Waals surface area contributed by atoms with E-state index in [2.05, 4.69) is 0 Å². The minimum Gasteiger partial charge on any atom is -0.369 e. The van der Waals surface area contributed by atoms with Gasteiger partial charge in [-0.05, 0) is 52.8 Å². The van der Waals surface area contributed by atoms with E-state index < -0.39 is 15.6 Å². The van der Waals surface area contributed by atoms with Crippen molar-refractivity contribution in [3.63, 3.8) is 0 Å². The van der Waals surface area contributed by atoms with Gasteiger partial charge in [0.15, 0.2) is 0 Å². The zero-order valence-corrected chi connectivity index (χ0v) is 16.6. The lowest BCUT2D eigenvalue weighted by Crippen LogP contribution is -2.53. The van der Waals surface area contributed by atoms with E-state index in [0.29, 0.717) is 18.7 Å². The third-order valence-electron chi connectivity index (χ3n) is 4.34. The van der Waals surface area contributed by atoms with Crippen molar-refractivity contribution in [3.05, 3.63) is 29.8 Å². The molecule has 0 saturated carbocycles. The van der Waals surface area contributed by atoms with Gasteiger partial charge in [0, 0.05) is 31.7 Å². The summed E-state index contributed by atoms with van der Waals surface area (Å²) in [6, 6.07) is 6.10. The number of carbonyl (C=O) groups excluding carboxylic acids is 1. The number of rotatable bonds is 4. The standard InChI is InChI=1S/C18H28N2O4S/c1-13(2)19(6)25(22,23)16-9-7-8-15(10-16)17(21)20-11-14(3)24-18(4,5)12-20/h7-10,13-14H,11-12H2,1-6H3. The Hall–Kier alpha value is -1.44. The molecule has 2 rings (SSSR count). The van der Waals surface area contributed by atoms with Gasteiger partial charge in [0.2, 0.25) is 10.0 Å². The van der Waals surface area contributed by atoms with Gasteiger partial charge in [0.05, 0.1) is 16.6 Å². The lowest BCUT2D eigenvalue weighted by Gasteiger charge is -2.41. The van der Waals surface area contributed by atoms with Gasteiger partial charge in [-0.1, -0.05) is 6.07 Å². The Bertz CT molecular complexity index is 743. The fraction of sp³-hybridized carbons (Fsp3) is 0.611. The van der Waals surface area contributed by atoms with Crippen LogP contribution in [0, 0.1) is 0 Å². The summed E-state index contributed by atoms with van der Waals surface area (Å²) in [6.07, 6.45) is -0.0633. The highest BCUT2D eigenvalue weighted by Gasteiger charge is 2.34. The third kappa shape index (κ3) is 4.40. The van der Waals surface area contributed by atoms with Gasteiger partial charge in [-0.3, -0.25) is 4.79 Å². The molecule has 0 spiro atoms. The van der Waals surface area contributed by atoms with Crippen LogP contribution in [0.15, 0.2) is 29.2 Å². The Labute approximate surface area is 150 Å². The second-order valence-corrected chi connectivity index (χ2v) is 9.51. The summed E-state index contributed by atoms with van der Waals surface area (Å²) in [7, 11) is -2.08. The lowest BCUT2D eigenvalue weighted by molar-refractivity contribution is -0.118. The Morgan fingerprint density at radius 2 is 2.00 bits per heavy atom. The smallest absolute Gasteiger partial charge is 0.254 e. The first-order chi connectivity index (χ1) is 11.4. The van der Waals surface area contributed by atoms with E-state index in [4.69, 9.17) is 4.74 Å². The van der Waals surface area contributed by atoms with Gasteiger partial charge in [-0.2, -0.15) is 4.31 Å². The molecule has 1 aromatic rings. The van der Waals surface area contributed by atoms with Gasteiger partial charge >= 0.3 is 0 Å². The maximum absolute atomic E-state index is 12.9. The van der Waals surface area contributed by atoms with Crippen molar-refractivity contribution in [2.45, 2.75) is 57.3 Å². The van der Waals surface area contributed by atoms with E-state index >= 15 is 0 Å². The van der Waals surface area contributed by atoms with Crippen molar-refractivity contribution < 1.29 is 17.9 Å². The van der Waals surface area contributed by atoms with Crippen LogP contribution in [0.3, 0.4) is 0 Å². The number of ether oxygens (including phenoxy) is 1. The topological polar surface area (TPSA) is 66.9 Å². The van der Waals surface area contributed by atoms with E-state index in [9.17, 15) is 13.2 Å². The van der Waals surface area contributed by atoms with Crippen molar-refractivity contribution in [2.75, 3.05) is 20.1 Å². The molecule has 0 N–H and O–H groups in total. The molecule has 1 heterocycles. The van der Waals surface area contributed by atoms with Crippen LogP contribution < -0.4 is 0 Å². The van der Waals surface area contributed by atoms with Gasteiger partial charge in [-0.25, -0.2) is 8.42 Å². The zero-order chi connectivity index (χ0) is 19.0. The van der Waals surface area contributed by atoms with Gasteiger partial charge < -0.3 is 9.64 Å². The third-order valence-corrected chi connectivity index (χ3v) is 6.37. The van der Waals surface area contributed by atoms with Crippen molar-refractivity contribution in [1.29, 1.82) is 0 Å². The van der Waals surface area contributed by atoms with Gasteiger partial charge in [0.25, 0.3) is 5.91 Å². The molecule has 1 atom stereocenters. The van der Waals surface area contributed by atoms with Crippen molar-refractivity contribution in [3.8, 4) is 0 Å². The number of benzene rings is 1. The Balaban J connectivity index is 2.31. The van der Waals surface area contributed by atoms with Crippen LogP contribution in [-0.4, -0.2) is 61.4 Å². The lowest BCUT2D eigenvalue weighted by atomic mass is 10.0. The molecule has 1 aliphatic heterocycles. The van der Waals surface area contributed by atoms with E-state index in [1.807, 2.05) is 34.6 Å². The van der Waals surface area contributed by atoms with Gasteiger partial charge in [-0.15, -0.1) is 0 Å². The fourth-order valence-electron chi connectivity index (χ4n) is 3.02. The average molecular weight is 368 g/mol. The zero-order valence-electron chi connectivity index (χ0n) is 15.8. The van der Waals surface area contributed by atoms with E-state index in [0.717, 1.165) is 0 Å². The fourth-order valence-corrected chi connectivity index (χ4v) is 4.44. The SMILES string of the molecule is CC1CN(C(=O)c2cccc(S(=O)(=O)N(C)C(C)C)c2)CC(C)(C)O1. The molecule has 1 fully saturated rings. The molecular formula is C18H28N2O4S. The summed E-state index contributed by atoms with van der Waals surface area (Å²) < 4.78 is 32.5. The molecule has 0 bridgehead atoms. The summed E-state index contributed by atoms with van der Waals surface area (Å²) in [5.41, 5.74) is -0.0439. The molecule has 0 aromatic heterocycles. The Morgan fingerprint density at radius 1 is 1.36 bits per heavy atom. The maximum Gasteiger partial charge on any atom is 0.254 e. The van der Waals surface area contributed by atoms with Crippen molar-refractivity contribution >= 4 is 15.9 Å². The first-order valence-electron chi connectivity index (χ1n) is 8.49. The van der Waals surface area contributed by atoms with E-state index in [1.165, 1.54) is 16.4 Å². The summed E-state index contributed by atoms with van der Waals surface area (Å²) in [5, 5.41) is 0. The highest BCUT2D eigenvalue weighted by atomic mass is 32.2. The van der Waals surface area contributed by atoms with E-state index in [-0.39, 0.29) is 22.9 Å². The summed E-state index contributed by atoms with van der Waals surface area (Å²) in [4.78, 5) is 14.7. The number of nitrogens with zero attached hydrogens (tertiary/aromatic N) is 2. The number of morpholine rings is 1. The number of hydrogen-bond donors (Lipinski definition) is 0. The van der Waals surface area contributed by atoms with Crippen LogP contribution in [0.5, 0.6) is 0 Å². The highest BCUT2D eigenvalue weighted by Crippen LogP contribution is 2.24. The van der Waals surface area contributed by atoms with Crippen molar-refractivity contribution in [1.82, 2.24) is 9.21 Å². The molecule has 1 amide bonds. The monoisotopic (exact) mass is 368 g/mol. The molecule has 25 heavy (non-hydrogen) atoms. The van der Waals surface area contributed by atoms with Crippen molar-refractivity contribution in [2.24, 2.45) is 0 Å². The predicted octanol–water partition coefficient (Wildman–Crippen LogP) is 2.36. The van der Waals surface area contributed by atoms with E-state index in [1.54, 1.807) is 24.1 Å². The molecule has 6 nitrogen and oxygen atoms in total.